The maximum Gasteiger partial charge on any atom is 0.425 e. The van der Waals surface area contributed by atoms with E-state index in [0.717, 1.165) is 0 Å². The summed E-state index contributed by atoms with van der Waals surface area (Å²) in [6.45, 7) is 1.73. The second kappa shape index (κ2) is 4.80. The largest absolute Gasteiger partial charge is 0.426 e. The lowest BCUT2D eigenvalue weighted by Gasteiger charge is -2.35. The third kappa shape index (κ3) is 2.26. The number of hydrogen-bond acceptors (Lipinski definition) is 4. The van der Waals surface area contributed by atoms with Crippen LogP contribution < -0.4 is 0 Å². The van der Waals surface area contributed by atoms with Gasteiger partial charge in [0.05, 0.1) is 12.5 Å². The molecule has 0 radical (unpaired) electrons. The Morgan fingerprint density at radius 2 is 1.95 bits per heavy atom. The predicted molar refractivity (Wildman–Crippen MR) is 55.9 cm³/mol. The van der Waals surface area contributed by atoms with Crippen molar-refractivity contribution in [3.63, 3.8) is 0 Å². The Morgan fingerprint density at radius 3 is 2.30 bits per heavy atom. The summed E-state index contributed by atoms with van der Waals surface area (Å²) in [5.41, 5.74) is -4.40. The van der Waals surface area contributed by atoms with Gasteiger partial charge in [-0.3, -0.25) is 4.79 Å². The van der Waals surface area contributed by atoms with E-state index in [0.29, 0.717) is 6.92 Å². The second-order valence-electron chi connectivity index (χ2n) is 4.90. The van der Waals surface area contributed by atoms with Crippen molar-refractivity contribution in [1.82, 2.24) is 0 Å². The van der Waals surface area contributed by atoms with Crippen molar-refractivity contribution in [3.05, 3.63) is 0 Å². The highest BCUT2D eigenvalue weighted by molar-refractivity contribution is 5.72. The Balaban J connectivity index is 3.08. The number of rotatable bonds is 3. The number of esters is 1. The first-order valence-corrected chi connectivity index (χ1v) is 5.86. The van der Waals surface area contributed by atoms with Crippen LogP contribution in [0.5, 0.6) is 0 Å². The molecular formula is C11H15F5O4. The van der Waals surface area contributed by atoms with Crippen molar-refractivity contribution in [1.29, 1.82) is 0 Å². The van der Waals surface area contributed by atoms with Gasteiger partial charge in [0.25, 0.3) is 11.4 Å². The molecule has 1 N–H and O–H groups in total. The normalized spacial score (nSPS) is 34.9. The van der Waals surface area contributed by atoms with Gasteiger partial charge in [-0.25, -0.2) is 0 Å². The van der Waals surface area contributed by atoms with Gasteiger partial charge in [-0.05, 0) is 6.42 Å². The molecule has 0 bridgehead atoms. The number of aliphatic hydroxyl groups is 1. The average Bonchev–Trinajstić information content (AvgIpc) is 2.49. The van der Waals surface area contributed by atoms with E-state index in [2.05, 4.69) is 9.47 Å². The number of halogens is 5. The number of carbonyl (C=O) groups is 1. The zero-order chi connectivity index (χ0) is 16.0. The highest BCUT2D eigenvalue weighted by Crippen LogP contribution is 2.54. The summed E-state index contributed by atoms with van der Waals surface area (Å²) >= 11 is 0. The lowest BCUT2D eigenvalue weighted by Crippen LogP contribution is -2.63. The van der Waals surface area contributed by atoms with Crippen LogP contribution in [0, 0.1) is 5.92 Å². The van der Waals surface area contributed by atoms with Crippen LogP contribution in [0.4, 0.5) is 22.0 Å². The zero-order valence-electron chi connectivity index (χ0n) is 11.1. The van der Waals surface area contributed by atoms with Crippen molar-refractivity contribution < 1.29 is 41.3 Å². The molecule has 0 spiro atoms. The van der Waals surface area contributed by atoms with Gasteiger partial charge in [0.2, 0.25) is 0 Å². The fourth-order valence-electron chi connectivity index (χ4n) is 1.61. The Hall–Kier alpha value is -0.960. The Labute approximate surface area is 111 Å². The van der Waals surface area contributed by atoms with Gasteiger partial charge < -0.3 is 14.6 Å². The minimum atomic E-state index is -5.63. The van der Waals surface area contributed by atoms with Crippen molar-refractivity contribution >= 4 is 5.97 Å². The van der Waals surface area contributed by atoms with E-state index in [-0.39, 0.29) is 6.42 Å². The van der Waals surface area contributed by atoms with Crippen molar-refractivity contribution in [3.8, 4) is 0 Å². The quantitative estimate of drug-likeness (QED) is 0.642. The first-order chi connectivity index (χ1) is 8.82. The van der Waals surface area contributed by atoms with Crippen LogP contribution in [-0.2, 0) is 14.3 Å². The Bertz CT molecular complexity index is 397. The van der Waals surface area contributed by atoms with Gasteiger partial charge in [-0.2, -0.15) is 22.0 Å². The second-order valence-corrected chi connectivity index (χ2v) is 4.90. The molecule has 0 aliphatic carbocycles. The van der Waals surface area contributed by atoms with Crippen LogP contribution >= 0.6 is 0 Å². The standard InChI is InChI=1S/C11H15F5O4/c1-4-6(2)7(17)20-8(3)10(12,13)9(18,5-19-8)11(14,15)16/h6,18H,4-5H2,1-3H3. The zero-order valence-corrected chi connectivity index (χ0v) is 11.1. The summed E-state index contributed by atoms with van der Waals surface area (Å²) in [5, 5.41) is 9.21. The van der Waals surface area contributed by atoms with Gasteiger partial charge in [0.15, 0.2) is 0 Å². The number of hydrogen-bond donors (Lipinski definition) is 1. The fourth-order valence-corrected chi connectivity index (χ4v) is 1.61. The molecule has 1 aliphatic heterocycles. The van der Waals surface area contributed by atoms with Gasteiger partial charge in [-0.15, -0.1) is 0 Å². The SMILES string of the molecule is CCC(C)C(=O)OC1(C)OCC(O)(C(F)(F)F)C1(F)F. The summed E-state index contributed by atoms with van der Waals surface area (Å²) in [6, 6.07) is 0. The van der Waals surface area contributed by atoms with Crippen LogP contribution in [0.15, 0.2) is 0 Å². The fraction of sp³-hybridized carbons (Fsp3) is 0.909. The molecule has 4 nitrogen and oxygen atoms in total. The van der Waals surface area contributed by atoms with Crippen LogP contribution in [0.25, 0.3) is 0 Å². The van der Waals surface area contributed by atoms with Crippen molar-refractivity contribution in [2.24, 2.45) is 5.92 Å². The van der Waals surface area contributed by atoms with Crippen LogP contribution in [0.2, 0.25) is 0 Å². The van der Waals surface area contributed by atoms with Gasteiger partial charge >= 0.3 is 18.1 Å². The third-order valence-corrected chi connectivity index (χ3v) is 3.43. The summed E-state index contributed by atoms with van der Waals surface area (Å²) in [6.07, 6.45) is -5.37. The molecule has 0 amide bonds. The predicted octanol–water partition coefficient (Wildman–Crippen LogP) is 2.25. The first kappa shape index (κ1) is 17.1. The number of carbonyl (C=O) groups excluding carboxylic acids is 1. The Morgan fingerprint density at radius 1 is 1.45 bits per heavy atom. The molecule has 9 heteroatoms. The molecule has 0 aromatic rings. The molecule has 1 fully saturated rings. The molecule has 3 atom stereocenters. The third-order valence-electron chi connectivity index (χ3n) is 3.43. The number of alkyl halides is 5. The molecule has 0 aromatic carbocycles. The highest BCUT2D eigenvalue weighted by Gasteiger charge is 2.82. The molecule has 3 unspecified atom stereocenters. The minimum Gasteiger partial charge on any atom is -0.426 e. The molecule has 20 heavy (non-hydrogen) atoms. The van der Waals surface area contributed by atoms with Gasteiger partial charge in [0.1, 0.15) is 0 Å². The van der Waals surface area contributed by atoms with Crippen molar-refractivity contribution in [2.75, 3.05) is 6.61 Å². The number of ether oxygens (including phenoxy) is 2. The minimum absolute atomic E-state index is 0.254. The molecular weight excluding hydrogens is 291 g/mol. The molecule has 1 saturated heterocycles. The van der Waals surface area contributed by atoms with Crippen LogP contribution in [-0.4, -0.2) is 41.2 Å². The summed E-state index contributed by atoms with van der Waals surface area (Å²) in [5.74, 6) is -9.91. The molecule has 1 aliphatic rings. The average molecular weight is 306 g/mol. The van der Waals surface area contributed by atoms with Crippen LogP contribution in [0.1, 0.15) is 27.2 Å². The molecule has 118 valence electrons. The van der Waals surface area contributed by atoms with E-state index >= 15 is 0 Å². The van der Waals surface area contributed by atoms with Gasteiger partial charge in [0, 0.05) is 6.92 Å². The first-order valence-electron chi connectivity index (χ1n) is 5.86. The monoisotopic (exact) mass is 306 g/mol. The summed E-state index contributed by atoms with van der Waals surface area (Å²) < 4.78 is 74.3. The lowest BCUT2D eigenvalue weighted by atomic mass is 9.93. The van der Waals surface area contributed by atoms with E-state index in [4.69, 9.17) is 0 Å². The highest BCUT2D eigenvalue weighted by atomic mass is 19.4. The molecule has 0 saturated carbocycles. The maximum absolute atomic E-state index is 13.9. The van der Waals surface area contributed by atoms with Crippen LogP contribution in [0.3, 0.4) is 0 Å². The van der Waals surface area contributed by atoms with Crippen molar-refractivity contribution in [2.45, 2.75) is 50.7 Å². The molecule has 0 aromatic heterocycles. The van der Waals surface area contributed by atoms with E-state index in [1.54, 1.807) is 6.92 Å². The maximum atomic E-state index is 13.9. The van der Waals surface area contributed by atoms with E-state index in [1.165, 1.54) is 6.92 Å². The molecule has 1 heterocycles. The summed E-state index contributed by atoms with van der Waals surface area (Å²) in [7, 11) is 0. The topological polar surface area (TPSA) is 55.8 Å². The van der Waals surface area contributed by atoms with E-state index < -0.39 is 42.0 Å². The van der Waals surface area contributed by atoms with E-state index in [1.807, 2.05) is 0 Å². The van der Waals surface area contributed by atoms with E-state index in [9.17, 15) is 31.9 Å². The Kier molecular flexibility index (Phi) is 4.10. The summed E-state index contributed by atoms with van der Waals surface area (Å²) in [4.78, 5) is 11.5. The molecule has 1 rings (SSSR count). The lowest BCUT2D eigenvalue weighted by molar-refractivity contribution is -0.347. The smallest absolute Gasteiger partial charge is 0.425 e. The van der Waals surface area contributed by atoms with Gasteiger partial charge in [-0.1, -0.05) is 13.8 Å².